The van der Waals surface area contributed by atoms with Crippen molar-refractivity contribution in [3.63, 3.8) is 0 Å². The lowest BCUT2D eigenvalue weighted by Crippen LogP contribution is -2.36. The maximum atomic E-state index is 12.4. The summed E-state index contributed by atoms with van der Waals surface area (Å²) in [5.41, 5.74) is 0.455. The molecule has 0 radical (unpaired) electrons. The molecule has 10 heteroatoms. The molecule has 32 heavy (non-hydrogen) atoms. The minimum Gasteiger partial charge on any atom is -0.459 e. The summed E-state index contributed by atoms with van der Waals surface area (Å²) >= 11 is 0. The standard InChI is InChI=1S/C22H23N5O5/c1-4-9-27-15-8-7-13(11-14(15)23-20(29)22(27)30)18-25-21(32-26-18)17(12(2)3)24-19(28)16-6-5-10-31-16/h5-8,10-12,17H,4,9H2,1-3H3,(H,23,29)(H,24,28)/t17-/m0/s1. The second-order valence-corrected chi connectivity index (χ2v) is 7.77. The second-order valence-electron chi connectivity index (χ2n) is 7.77. The zero-order chi connectivity index (χ0) is 22.8. The summed E-state index contributed by atoms with van der Waals surface area (Å²) in [4.78, 5) is 43.7. The molecule has 4 aromatic rings. The average Bonchev–Trinajstić information content (AvgIpc) is 3.47. The lowest BCUT2D eigenvalue weighted by molar-refractivity contribution is 0.0885. The van der Waals surface area contributed by atoms with E-state index < -0.39 is 17.2 Å². The highest BCUT2D eigenvalue weighted by Gasteiger charge is 2.26. The van der Waals surface area contributed by atoms with Crippen LogP contribution in [-0.2, 0) is 6.54 Å². The third-order valence-electron chi connectivity index (χ3n) is 5.09. The average molecular weight is 437 g/mol. The van der Waals surface area contributed by atoms with Gasteiger partial charge in [0.25, 0.3) is 5.91 Å². The largest absolute Gasteiger partial charge is 0.459 e. The fraction of sp³-hybridized carbons (Fsp3) is 0.318. The van der Waals surface area contributed by atoms with Gasteiger partial charge in [-0.05, 0) is 42.7 Å². The molecule has 166 valence electrons. The van der Waals surface area contributed by atoms with Crippen LogP contribution in [0.2, 0.25) is 0 Å². The van der Waals surface area contributed by atoms with Gasteiger partial charge >= 0.3 is 11.1 Å². The van der Waals surface area contributed by atoms with E-state index >= 15 is 0 Å². The first kappa shape index (κ1) is 21.3. The maximum absolute atomic E-state index is 12.4. The molecule has 10 nitrogen and oxygen atoms in total. The van der Waals surface area contributed by atoms with Crippen molar-refractivity contribution < 1.29 is 13.7 Å². The SMILES string of the molecule is CCCn1c(=O)c(=O)[nH]c2cc(-c3noc([C@@H](NC(=O)c4ccco4)C(C)C)n3)ccc21. The highest BCUT2D eigenvalue weighted by molar-refractivity contribution is 5.91. The molecule has 0 saturated carbocycles. The third kappa shape index (κ3) is 3.98. The van der Waals surface area contributed by atoms with Crippen molar-refractivity contribution in [2.75, 3.05) is 0 Å². The van der Waals surface area contributed by atoms with Gasteiger partial charge in [-0.2, -0.15) is 4.98 Å². The number of furan rings is 1. The Balaban J connectivity index is 1.67. The predicted molar refractivity (Wildman–Crippen MR) is 116 cm³/mol. The van der Waals surface area contributed by atoms with Crippen molar-refractivity contribution in [3.8, 4) is 11.4 Å². The molecule has 0 spiro atoms. The van der Waals surface area contributed by atoms with E-state index in [1.165, 1.54) is 10.8 Å². The topological polar surface area (TPSA) is 136 Å². The van der Waals surface area contributed by atoms with Crippen LogP contribution in [0.15, 0.2) is 55.1 Å². The number of H-pyrrole nitrogens is 1. The summed E-state index contributed by atoms with van der Waals surface area (Å²) in [6, 6.07) is 7.87. The fourth-order valence-electron chi connectivity index (χ4n) is 3.48. The molecule has 2 N–H and O–H groups in total. The molecular weight excluding hydrogens is 414 g/mol. The Morgan fingerprint density at radius 2 is 2.06 bits per heavy atom. The number of hydrogen-bond donors (Lipinski definition) is 2. The number of nitrogens with zero attached hydrogens (tertiary/aromatic N) is 3. The van der Waals surface area contributed by atoms with Crippen molar-refractivity contribution in [3.05, 3.63) is 69.0 Å². The van der Waals surface area contributed by atoms with Crippen molar-refractivity contribution in [1.29, 1.82) is 0 Å². The molecule has 4 rings (SSSR count). The van der Waals surface area contributed by atoms with E-state index in [1.807, 2.05) is 20.8 Å². The molecule has 0 aliphatic carbocycles. The molecule has 0 aliphatic rings. The molecule has 3 heterocycles. The number of carbonyl (C=O) groups excluding carboxylic acids is 1. The van der Waals surface area contributed by atoms with Gasteiger partial charge in [-0.3, -0.25) is 14.4 Å². The Labute approximate surface area is 182 Å². The molecule has 0 saturated heterocycles. The van der Waals surface area contributed by atoms with Gasteiger partial charge in [0.15, 0.2) is 5.76 Å². The zero-order valence-electron chi connectivity index (χ0n) is 17.9. The predicted octanol–water partition coefficient (Wildman–Crippen LogP) is 2.87. The van der Waals surface area contributed by atoms with Gasteiger partial charge in [-0.25, -0.2) is 0 Å². The Morgan fingerprint density at radius 3 is 2.75 bits per heavy atom. The van der Waals surface area contributed by atoms with Crippen molar-refractivity contribution in [2.24, 2.45) is 5.92 Å². The quantitative estimate of drug-likeness (QED) is 0.424. The van der Waals surface area contributed by atoms with E-state index in [4.69, 9.17) is 8.94 Å². The molecule has 0 bridgehead atoms. The number of benzene rings is 1. The monoisotopic (exact) mass is 437 g/mol. The number of fused-ring (bicyclic) bond motifs is 1. The van der Waals surface area contributed by atoms with E-state index in [-0.39, 0.29) is 23.5 Å². The van der Waals surface area contributed by atoms with E-state index in [0.29, 0.717) is 35.4 Å². The zero-order valence-corrected chi connectivity index (χ0v) is 17.9. The smallest absolute Gasteiger partial charge is 0.316 e. The van der Waals surface area contributed by atoms with Crippen LogP contribution in [0.4, 0.5) is 0 Å². The van der Waals surface area contributed by atoms with Gasteiger partial charge in [0.05, 0.1) is 17.3 Å². The maximum Gasteiger partial charge on any atom is 0.316 e. The van der Waals surface area contributed by atoms with Crippen LogP contribution in [0.25, 0.3) is 22.4 Å². The van der Waals surface area contributed by atoms with Gasteiger partial charge in [0.1, 0.15) is 6.04 Å². The van der Waals surface area contributed by atoms with Gasteiger partial charge in [0, 0.05) is 12.1 Å². The van der Waals surface area contributed by atoms with Crippen molar-refractivity contribution >= 4 is 16.9 Å². The normalized spacial score (nSPS) is 12.4. The van der Waals surface area contributed by atoms with Crippen molar-refractivity contribution in [2.45, 2.75) is 39.8 Å². The van der Waals surface area contributed by atoms with Gasteiger partial charge in [-0.1, -0.05) is 25.9 Å². The highest BCUT2D eigenvalue weighted by atomic mass is 16.5. The first-order valence-corrected chi connectivity index (χ1v) is 10.3. The number of aromatic nitrogens is 4. The summed E-state index contributed by atoms with van der Waals surface area (Å²) in [6.07, 6.45) is 2.14. The molecule has 1 amide bonds. The molecule has 1 aromatic carbocycles. The molecule has 1 atom stereocenters. The number of hydrogen-bond acceptors (Lipinski definition) is 7. The Kier molecular flexibility index (Phi) is 5.76. The first-order valence-electron chi connectivity index (χ1n) is 10.3. The van der Waals surface area contributed by atoms with Crippen LogP contribution >= 0.6 is 0 Å². The number of nitrogens with one attached hydrogen (secondary N) is 2. The van der Waals surface area contributed by atoms with Gasteiger partial charge in [-0.15, -0.1) is 0 Å². The van der Waals surface area contributed by atoms with E-state index in [9.17, 15) is 14.4 Å². The Hall–Kier alpha value is -3.95. The highest BCUT2D eigenvalue weighted by Crippen LogP contribution is 2.25. The molecular formula is C22H23N5O5. The van der Waals surface area contributed by atoms with Crippen molar-refractivity contribution in [1.82, 2.24) is 25.0 Å². The summed E-state index contributed by atoms with van der Waals surface area (Å²) in [5.74, 6) is 0.324. The van der Waals surface area contributed by atoms with Crippen LogP contribution in [0.5, 0.6) is 0 Å². The Bertz CT molecular complexity index is 1360. The minimum atomic E-state index is -0.683. The first-order chi connectivity index (χ1) is 15.4. The third-order valence-corrected chi connectivity index (χ3v) is 5.09. The molecule has 0 unspecified atom stereocenters. The summed E-state index contributed by atoms with van der Waals surface area (Å²) in [7, 11) is 0. The van der Waals surface area contributed by atoms with E-state index in [1.54, 1.807) is 30.3 Å². The fourth-order valence-corrected chi connectivity index (χ4v) is 3.48. The number of carbonyl (C=O) groups is 1. The summed E-state index contributed by atoms with van der Waals surface area (Å²) in [6.45, 7) is 6.22. The van der Waals surface area contributed by atoms with Crippen LogP contribution in [0.3, 0.4) is 0 Å². The lowest BCUT2D eigenvalue weighted by Gasteiger charge is -2.17. The van der Waals surface area contributed by atoms with Crippen LogP contribution < -0.4 is 16.4 Å². The van der Waals surface area contributed by atoms with Crippen LogP contribution in [0.1, 0.15) is 49.7 Å². The number of rotatable bonds is 7. The number of amides is 1. The van der Waals surface area contributed by atoms with E-state index in [0.717, 1.165) is 0 Å². The van der Waals surface area contributed by atoms with Crippen LogP contribution in [0, 0.1) is 5.92 Å². The summed E-state index contributed by atoms with van der Waals surface area (Å²) < 4.78 is 12.0. The lowest BCUT2D eigenvalue weighted by atomic mass is 10.0. The Morgan fingerprint density at radius 1 is 1.25 bits per heavy atom. The molecule has 0 aliphatic heterocycles. The van der Waals surface area contributed by atoms with E-state index in [2.05, 4.69) is 20.4 Å². The second kappa shape index (κ2) is 8.66. The van der Waals surface area contributed by atoms with Crippen LogP contribution in [-0.4, -0.2) is 25.6 Å². The molecule has 0 fully saturated rings. The van der Waals surface area contributed by atoms with Gasteiger partial charge in [0.2, 0.25) is 11.7 Å². The van der Waals surface area contributed by atoms with Gasteiger partial charge < -0.3 is 23.8 Å². The molecule has 3 aromatic heterocycles. The number of aromatic amines is 1. The number of aryl methyl sites for hydroxylation is 1. The summed E-state index contributed by atoms with van der Waals surface area (Å²) in [5, 5.41) is 6.89. The minimum absolute atomic E-state index is 0.0290.